The number of rotatable bonds is 10. The topological polar surface area (TPSA) is 38.8 Å². The lowest BCUT2D eigenvalue weighted by molar-refractivity contribution is -0.134. The van der Waals surface area contributed by atoms with Gasteiger partial charge in [-0.3, -0.25) is 4.90 Å². The van der Waals surface area contributed by atoms with E-state index in [1.54, 1.807) is 0 Å². The molecule has 1 atom stereocenters. The maximum atomic E-state index is 11.5. The summed E-state index contributed by atoms with van der Waals surface area (Å²) in [7, 11) is -0.383. The molecule has 0 fully saturated rings. The fourth-order valence-electron chi connectivity index (χ4n) is 4.72. The molecule has 196 valence electrons. The van der Waals surface area contributed by atoms with E-state index < -0.39 is 8.32 Å². The van der Waals surface area contributed by atoms with Crippen LogP contribution in [0.15, 0.2) is 42.5 Å². The highest BCUT2D eigenvalue weighted by atomic mass is 28.4. The number of ether oxygens (including phenoxy) is 1. The Morgan fingerprint density at radius 1 is 1.11 bits per heavy atom. The number of aryl methyl sites for hydroxylation is 3. The minimum absolute atomic E-state index is 0.213. The van der Waals surface area contributed by atoms with Crippen molar-refractivity contribution in [3.8, 4) is 0 Å². The summed E-state index contributed by atoms with van der Waals surface area (Å²) in [4.78, 5) is 14.1. The summed E-state index contributed by atoms with van der Waals surface area (Å²) >= 11 is 0. The summed E-state index contributed by atoms with van der Waals surface area (Å²) in [5.74, 6) is -0.326. The van der Waals surface area contributed by atoms with Gasteiger partial charge in [0.15, 0.2) is 8.32 Å². The van der Waals surface area contributed by atoms with Crippen molar-refractivity contribution in [3.63, 3.8) is 0 Å². The SMILES string of the molecule is COC(=O)/C=C/c1ccc2c(c1)CCC2N(CCO[Si](C)(C)C(C)(C)C)CCc1cc(C)ccc1C. The molecule has 1 aliphatic rings. The Kier molecular flexibility index (Phi) is 9.37. The van der Waals surface area contributed by atoms with Gasteiger partial charge in [-0.25, -0.2) is 4.79 Å². The van der Waals surface area contributed by atoms with Crippen LogP contribution in [-0.4, -0.2) is 46.0 Å². The number of hydrogen-bond acceptors (Lipinski definition) is 4. The molecule has 0 saturated heterocycles. The smallest absolute Gasteiger partial charge is 0.330 e. The molecule has 0 radical (unpaired) electrons. The molecule has 1 unspecified atom stereocenters. The molecule has 0 N–H and O–H groups in total. The lowest BCUT2D eigenvalue weighted by atomic mass is 10.0. The third kappa shape index (κ3) is 7.18. The molecular weight excluding hydrogens is 462 g/mol. The highest BCUT2D eigenvalue weighted by Gasteiger charge is 2.37. The van der Waals surface area contributed by atoms with E-state index in [1.165, 1.54) is 41.0 Å². The second kappa shape index (κ2) is 11.9. The van der Waals surface area contributed by atoms with Crippen LogP contribution in [0.1, 0.15) is 66.6 Å². The van der Waals surface area contributed by atoms with E-state index in [2.05, 4.69) is 89.0 Å². The Morgan fingerprint density at radius 2 is 1.86 bits per heavy atom. The van der Waals surface area contributed by atoms with E-state index in [9.17, 15) is 4.79 Å². The zero-order valence-electron chi connectivity index (χ0n) is 23.6. The van der Waals surface area contributed by atoms with Crippen molar-refractivity contribution >= 4 is 20.4 Å². The van der Waals surface area contributed by atoms with Gasteiger partial charge in [0.25, 0.3) is 0 Å². The Bertz CT molecular complexity index is 1080. The van der Waals surface area contributed by atoms with Crippen molar-refractivity contribution < 1.29 is 14.0 Å². The van der Waals surface area contributed by atoms with E-state index >= 15 is 0 Å². The van der Waals surface area contributed by atoms with Crippen molar-refractivity contribution in [2.45, 2.75) is 78.1 Å². The van der Waals surface area contributed by atoms with Crippen LogP contribution in [0.3, 0.4) is 0 Å². The second-order valence-corrected chi connectivity index (χ2v) is 16.5. The van der Waals surface area contributed by atoms with Crippen molar-refractivity contribution in [3.05, 3.63) is 75.9 Å². The monoisotopic (exact) mass is 507 g/mol. The molecule has 0 bridgehead atoms. The first-order chi connectivity index (χ1) is 16.9. The van der Waals surface area contributed by atoms with Crippen LogP contribution < -0.4 is 0 Å². The molecule has 5 heteroatoms. The van der Waals surface area contributed by atoms with Gasteiger partial charge >= 0.3 is 5.97 Å². The molecule has 2 aromatic carbocycles. The minimum Gasteiger partial charge on any atom is -0.466 e. The third-order valence-corrected chi connectivity index (χ3v) is 12.6. The summed E-state index contributed by atoms with van der Waals surface area (Å²) in [6.07, 6.45) is 6.54. The Hall–Kier alpha value is -2.21. The largest absolute Gasteiger partial charge is 0.466 e. The standard InChI is InChI=1S/C31H45NO3Si/c1-23-9-10-24(2)26(21-23)17-18-32(19-20-35-36(7,8)31(3,4)5)29-15-13-27-22-25(11-14-28(27)29)12-16-30(33)34-6/h9-12,14,16,21-22,29H,13,15,17-20H2,1-8H3/b16-12+. The highest BCUT2D eigenvalue weighted by molar-refractivity contribution is 6.74. The zero-order chi connectivity index (χ0) is 26.5. The van der Waals surface area contributed by atoms with Crippen LogP contribution in [0.2, 0.25) is 18.1 Å². The highest BCUT2D eigenvalue weighted by Crippen LogP contribution is 2.38. The van der Waals surface area contributed by atoms with Crippen LogP contribution in [-0.2, 0) is 26.8 Å². The van der Waals surface area contributed by atoms with Gasteiger partial charge in [-0.05, 0) is 85.1 Å². The molecule has 1 aliphatic carbocycles. The van der Waals surface area contributed by atoms with Crippen LogP contribution >= 0.6 is 0 Å². The first-order valence-corrected chi connectivity index (χ1v) is 16.1. The number of nitrogens with zero attached hydrogens (tertiary/aromatic N) is 1. The fraction of sp³-hybridized carbons (Fsp3) is 0.516. The van der Waals surface area contributed by atoms with E-state index in [-0.39, 0.29) is 11.0 Å². The summed E-state index contributed by atoms with van der Waals surface area (Å²) < 4.78 is 11.3. The molecule has 2 aromatic rings. The number of benzene rings is 2. The lowest BCUT2D eigenvalue weighted by Gasteiger charge is -2.37. The van der Waals surface area contributed by atoms with Crippen molar-refractivity contribution in [2.24, 2.45) is 0 Å². The maximum Gasteiger partial charge on any atom is 0.330 e. The van der Waals surface area contributed by atoms with Crippen LogP contribution in [0.25, 0.3) is 6.08 Å². The van der Waals surface area contributed by atoms with Gasteiger partial charge < -0.3 is 9.16 Å². The summed E-state index contributed by atoms with van der Waals surface area (Å²) in [5.41, 5.74) is 7.97. The van der Waals surface area contributed by atoms with E-state index in [1.807, 2.05) is 6.08 Å². The van der Waals surface area contributed by atoms with Gasteiger partial charge in [-0.2, -0.15) is 0 Å². The number of methoxy groups -OCH3 is 1. The fourth-order valence-corrected chi connectivity index (χ4v) is 5.76. The number of hydrogen-bond donors (Lipinski definition) is 0. The Morgan fingerprint density at radius 3 is 2.56 bits per heavy atom. The predicted molar refractivity (Wildman–Crippen MR) is 153 cm³/mol. The van der Waals surface area contributed by atoms with Crippen molar-refractivity contribution in [1.82, 2.24) is 4.90 Å². The molecule has 0 aromatic heterocycles. The number of carbonyl (C=O) groups excluding carboxylic acids is 1. The van der Waals surface area contributed by atoms with E-state index in [4.69, 9.17) is 9.16 Å². The minimum atomic E-state index is -1.79. The molecule has 0 saturated carbocycles. The summed E-state index contributed by atoms with van der Waals surface area (Å²) in [6, 6.07) is 13.8. The molecule has 0 aliphatic heterocycles. The molecule has 4 nitrogen and oxygen atoms in total. The summed E-state index contributed by atoms with van der Waals surface area (Å²) in [5, 5.41) is 0.213. The van der Waals surface area contributed by atoms with Gasteiger partial charge in [0.05, 0.1) is 7.11 Å². The number of esters is 1. The average molecular weight is 508 g/mol. The lowest BCUT2D eigenvalue weighted by Crippen LogP contribution is -2.43. The Balaban J connectivity index is 1.78. The van der Waals surface area contributed by atoms with Gasteiger partial charge in [0, 0.05) is 31.8 Å². The van der Waals surface area contributed by atoms with Gasteiger partial charge in [0.1, 0.15) is 0 Å². The normalized spacial score (nSPS) is 16.1. The Labute approximate surface area is 219 Å². The van der Waals surface area contributed by atoms with Gasteiger partial charge in [0.2, 0.25) is 0 Å². The van der Waals surface area contributed by atoms with Crippen molar-refractivity contribution in [2.75, 3.05) is 26.8 Å². The zero-order valence-corrected chi connectivity index (χ0v) is 24.6. The molecule has 0 amide bonds. The predicted octanol–water partition coefficient (Wildman–Crippen LogP) is 7.04. The second-order valence-electron chi connectivity index (χ2n) is 11.7. The number of carbonyl (C=O) groups is 1. The van der Waals surface area contributed by atoms with Crippen LogP contribution in [0.4, 0.5) is 0 Å². The average Bonchev–Trinajstić information content (AvgIpc) is 3.24. The third-order valence-electron chi connectivity index (χ3n) is 8.09. The summed E-state index contributed by atoms with van der Waals surface area (Å²) in [6.45, 7) is 18.7. The van der Waals surface area contributed by atoms with Crippen LogP contribution in [0.5, 0.6) is 0 Å². The quantitative estimate of drug-likeness (QED) is 0.196. The van der Waals surface area contributed by atoms with Crippen molar-refractivity contribution in [1.29, 1.82) is 0 Å². The van der Waals surface area contributed by atoms with Crippen LogP contribution in [0, 0.1) is 13.8 Å². The van der Waals surface area contributed by atoms with Gasteiger partial charge in [-0.1, -0.05) is 62.7 Å². The molecule has 3 rings (SSSR count). The molecule has 0 spiro atoms. The maximum absolute atomic E-state index is 11.5. The first-order valence-electron chi connectivity index (χ1n) is 13.2. The van der Waals surface area contributed by atoms with E-state index in [0.717, 1.165) is 44.5 Å². The van der Waals surface area contributed by atoms with Gasteiger partial charge in [-0.15, -0.1) is 0 Å². The molecular formula is C31H45NO3Si. The van der Waals surface area contributed by atoms with E-state index in [0.29, 0.717) is 6.04 Å². The first kappa shape index (κ1) is 28.4. The molecule has 0 heterocycles. The number of fused-ring (bicyclic) bond motifs is 1. The molecule has 36 heavy (non-hydrogen) atoms.